The van der Waals surface area contributed by atoms with Gasteiger partial charge in [-0.25, -0.2) is 9.78 Å². The Morgan fingerprint density at radius 1 is 1.24 bits per heavy atom. The van der Waals surface area contributed by atoms with E-state index in [4.69, 9.17) is 0 Å². The molecule has 0 radical (unpaired) electrons. The molecule has 0 aliphatic carbocycles. The van der Waals surface area contributed by atoms with Crippen LogP contribution in [0.4, 0.5) is 10.6 Å². The Kier molecular flexibility index (Phi) is 5.04. The lowest BCUT2D eigenvalue weighted by molar-refractivity contribution is -0.124. The van der Waals surface area contributed by atoms with Gasteiger partial charge in [-0.05, 0) is 6.92 Å². The molecule has 0 saturated carbocycles. The molecular formula is C13H20N6O2. The molecule has 2 N–H and O–H groups in total. The number of nitrogens with zero attached hydrogens (tertiary/aromatic N) is 4. The zero-order valence-electron chi connectivity index (χ0n) is 12.2. The van der Waals surface area contributed by atoms with Crippen LogP contribution >= 0.6 is 0 Å². The van der Waals surface area contributed by atoms with Crippen LogP contribution in [0.2, 0.25) is 0 Å². The molecule has 1 aromatic rings. The third-order valence-electron chi connectivity index (χ3n) is 3.58. The lowest BCUT2D eigenvalue weighted by atomic mass is 10.2. The molecule has 1 fully saturated rings. The van der Waals surface area contributed by atoms with Crippen LogP contribution in [0, 0.1) is 0 Å². The summed E-state index contributed by atoms with van der Waals surface area (Å²) in [5.41, 5.74) is 0. The zero-order chi connectivity index (χ0) is 15.2. The van der Waals surface area contributed by atoms with Crippen LogP contribution < -0.4 is 15.5 Å². The minimum Gasteiger partial charge on any atom is -0.353 e. The summed E-state index contributed by atoms with van der Waals surface area (Å²) in [5.74, 6) is 0.557. The maximum atomic E-state index is 11.9. The molecule has 1 aliphatic heterocycles. The van der Waals surface area contributed by atoms with E-state index in [2.05, 4.69) is 25.5 Å². The molecule has 0 bridgehead atoms. The highest BCUT2D eigenvalue weighted by atomic mass is 16.2. The summed E-state index contributed by atoms with van der Waals surface area (Å²) >= 11 is 0. The zero-order valence-corrected chi connectivity index (χ0v) is 12.2. The number of imide groups is 1. The molecule has 8 nitrogen and oxygen atoms in total. The van der Waals surface area contributed by atoms with Crippen LogP contribution in [0.25, 0.3) is 0 Å². The molecule has 1 aromatic heterocycles. The second-order valence-electron chi connectivity index (χ2n) is 4.83. The van der Waals surface area contributed by atoms with Crippen LogP contribution in [-0.2, 0) is 4.79 Å². The lowest BCUT2D eigenvalue weighted by Gasteiger charge is -2.37. The number of hydrogen-bond acceptors (Lipinski definition) is 6. The van der Waals surface area contributed by atoms with Gasteiger partial charge in [0.1, 0.15) is 5.82 Å². The average Bonchev–Trinajstić information content (AvgIpc) is 2.55. The van der Waals surface area contributed by atoms with E-state index in [0.29, 0.717) is 0 Å². The van der Waals surface area contributed by atoms with Gasteiger partial charge in [-0.1, -0.05) is 0 Å². The Morgan fingerprint density at radius 3 is 2.52 bits per heavy atom. The van der Waals surface area contributed by atoms with E-state index in [1.165, 1.54) is 7.05 Å². The van der Waals surface area contributed by atoms with E-state index in [0.717, 1.165) is 32.0 Å². The van der Waals surface area contributed by atoms with Crippen molar-refractivity contribution < 1.29 is 9.59 Å². The number of piperazine rings is 1. The molecule has 0 spiro atoms. The summed E-state index contributed by atoms with van der Waals surface area (Å²) in [6.07, 6.45) is 5.05. The minimum absolute atomic E-state index is 0.290. The number of nitrogens with one attached hydrogen (secondary N) is 2. The van der Waals surface area contributed by atoms with Gasteiger partial charge in [0, 0.05) is 45.6 Å². The third-order valence-corrected chi connectivity index (χ3v) is 3.58. The van der Waals surface area contributed by atoms with Crippen molar-refractivity contribution in [2.24, 2.45) is 0 Å². The van der Waals surface area contributed by atoms with Crippen molar-refractivity contribution in [3.63, 3.8) is 0 Å². The predicted molar refractivity (Wildman–Crippen MR) is 77.9 cm³/mol. The number of carbonyl (C=O) groups is 2. The molecule has 114 valence electrons. The molecule has 2 heterocycles. The van der Waals surface area contributed by atoms with E-state index in [1.54, 1.807) is 25.5 Å². The van der Waals surface area contributed by atoms with Crippen LogP contribution in [-0.4, -0.2) is 66.1 Å². The first-order valence-corrected chi connectivity index (χ1v) is 6.89. The normalized spacial score (nSPS) is 17.1. The van der Waals surface area contributed by atoms with Gasteiger partial charge in [0.25, 0.3) is 0 Å². The molecule has 1 atom stereocenters. The Labute approximate surface area is 123 Å². The van der Waals surface area contributed by atoms with Crippen LogP contribution in [0.5, 0.6) is 0 Å². The summed E-state index contributed by atoms with van der Waals surface area (Å²) in [4.78, 5) is 35.6. The molecule has 8 heteroatoms. The first-order chi connectivity index (χ1) is 10.1. The highest BCUT2D eigenvalue weighted by Gasteiger charge is 2.26. The standard InChI is InChI=1S/C13H20N6O2/c1-10(12(20)17-13(21)14-2)18-5-7-19(8-6-18)11-9-15-3-4-16-11/h3-4,9-10H,5-8H2,1-2H3,(H2,14,17,20,21)/t10-/m1/s1. The summed E-state index contributed by atoms with van der Waals surface area (Å²) in [6.45, 7) is 4.82. The van der Waals surface area contributed by atoms with Gasteiger partial charge in [-0.15, -0.1) is 0 Å². The third kappa shape index (κ3) is 3.88. The lowest BCUT2D eigenvalue weighted by Crippen LogP contribution is -2.55. The Balaban J connectivity index is 1.86. The number of amides is 3. The fourth-order valence-electron chi connectivity index (χ4n) is 2.24. The summed E-state index contributed by atoms with van der Waals surface area (Å²) in [5, 5.41) is 4.67. The maximum absolute atomic E-state index is 11.9. The van der Waals surface area contributed by atoms with Crippen molar-refractivity contribution in [1.82, 2.24) is 25.5 Å². The highest BCUT2D eigenvalue weighted by Crippen LogP contribution is 2.13. The topological polar surface area (TPSA) is 90.5 Å². The van der Waals surface area contributed by atoms with Crippen molar-refractivity contribution in [3.8, 4) is 0 Å². The van der Waals surface area contributed by atoms with E-state index >= 15 is 0 Å². The number of rotatable bonds is 3. The molecule has 21 heavy (non-hydrogen) atoms. The second-order valence-corrected chi connectivity index (χ2v) is 4.83. The fraction of sp³-hybridized carbons (Fsp3) is 0.538. The number of aromatic nitrogens is 2. The summed E-state index contributed by atoms with van der Waals surface area (Å²) in [6, 6.07) is -0.823. The molecule has 0 unspecified atom stereocenters. The molecular weight excluding hydrogens is 272 g/mol. The minimum atomic E-state index is -0.481. The smallest absolute Gasteiger partial charge is 0.321 e. The van der Waals surface area contributed by atoms with E-state index in [1.807, 2.05) is 4.90 Å². The molecule has 2 rings (SSSR count). The van der Waals surface area contributed by atoms with Gasteiger partial charge in [0.15, 0.2) is 0 Å². The quantitative estimate of drug-likeness (QED) is 0.776. The monoisotopic (exact) mass is 292 g/mol. The van der Waals surface area contributed by atoms with E-state index < -0.39 is 6.03 Å². The molecule has 1 saturated heterocycles. The Morgan fingerprint density at radius 2 is 1.95 bits per heavy atom. The molecule has 0 aromatic carbocycles. The largest absolute Gasteiger partial charge is 0.353 e. The number of hydrogen-bond donors (Lipinski definition) is 2. The van der Waals surface area contributed by atoms with Crippen LogP contribution in [0.3, 0.4) is 0 Å². The average molecular weight is 292 g/mol. The predicted octanol–water partition coefficient (Wildman–Crippen LogP) is -0.557. The van der Waals surface area contributed by atoms with Crippen molar-refractivity contribution in [1.29, 1.82) is 0 Å². The van der Waals surface area contributed by atoms with Gasteiger partial charge >= 0.3 is 6.03 Å². The van der Waals surface area contributed by atoms with Crippen molar-refractivity contribution in [3.05, 3.63) is 18.6 Å². The molecule has 1 aliphatic rings. The number of anilines is 1. The highest BCUT2D eigenvalue weighted by molar-refractivity contribution is 5.96. The fourth-order valence-corrected chi connectivity index (χ4v) is 2.24. The van der Waals surface area contributed by atoms with E-state index in [-0.39, 0.29) is 11.9 Å². The second kappa shape index (κ2) is 6.98. The van der Waals surface area contributed by atoms with Crippen molar-refractivity contribution >= 4 is 17.8 Å². The summed E-state index contributed by atoms with van der Waals surface area (Å²) in [7, 11) is 1.48. The first-order valence-electron chi connectivity index (χ1n) is 6.89. The first kappa shape index (κ1) is 15.2. The van der Waals surface area contributed by atoms with Gasteiger partial charge in [-0.3, -0.25) is 20.0 Å². The van der Waals surface area contributed by atoms with Crippen molar-refractivity contribution in [2.45, 2.75) is 13.0 Å². The van der Waals surface area contributed by atoms with Gasteiger partial charge in [-0.2, -0.15) is 0 Å². The van der Waals surface area contributed by atoms with Crippen LogP contribution in [0.15, 0.2) is 18.6 Å². The Bertz CT molecular complexity index is 487. The van der Waals surface area contributed by atoms with Gasteiger partial charge in [0.05, 0.1) is 12.2 Å². The Hall–Kier alpha value is -2.22. The van der Waals surface area contributed by atoms with Crippen LogP contribution in [0.1, 0.15) is 6.92 Å². The number of urea groups is 1. The van der Waals surface area contributed by atoms with Crippen molar-refractivity contribution in [2.75, 3.05) is 38.1 Å². The van der Waals surface area contributed by atoms with E-state index in [9.17, 15) is 9.59 Å². The maximum Gasteiger partial charge on any atom is 0.321 e. The number of carbonyl (C=O) groups excluding carboxylic acids is 2. The van der Waals surface area contributed by atoms with Gasteiger partial charge in [0.2, 0.25) is 5.91 Å². The SMILES string of the molecule is CNC(=O)NC(=O)[C@@H](C)N1CCN(c2cnccn2)CC1. The molecule has 3 amide bonds. The van der Waals surface area contributed by atoms with Gasteiger partial charge < -0.3 is 10.2 Å². The summed E-state index contributed by atoms with van der Waals surface area (Å²) < 4.78 is 0.